The van der Waals surface area contributed by atoms with E-state index in [0.29, 0.717) is 5.89 Å². The van der Waals surface area contributed by atoms with Gasteiger partial charge in [0.05, 0.1) is 0 Å². The predicted octanol–water partition coefficient (Wildman–Crippen LogP) is 1.62. The smallest absolute Gasteiger partial charge is 0.192 e. The Morgan fingerprint density at radius 1 is 1.47 bits per heavy atom. The molecular weight excluding hydrogens is 214 g/mol. The average molecular weight is 233 g/mol. The molecule has 0 spiro atoms. The first-order valence-corrected chi connectivity index (χ1v) is 5.97. The number of rotatable bonds is 5. The van der Waals surface area contributed by atoms with Crippen molar-refractivity contribution in [1.29, 1.82) is 0 Å². The van der Waals surface area contributed by atoms with Crippen LogP contribution in [0.15, 0.2) is 22.6 Å². The summed E-state index contributed by atoms with van der Waals surface area (Å²) < 4.78 is 5.44. The first-order chi connectivity index (χ1) is 8.15. The molecule has 3 N–H and O–H groups in total. The van der Waals surface area contributed by atoms with Gasteiger partial charge in [-0.1, -0.05) is 6.07 Å². The first kappa shape index (κ1) is 12.1. The number of oxazole rings is 1. The zero-order valence-electron chi connectivity index (χ0n) is 10.4. The molecule has 0 radical (unpaired) electrons. The Hall–Kier alpha value is -1.39. The van der Waals surface area contributed by atoms with E-state index in [1.807, 2.05) is 19.9 Å². The van der Waals surface area contributed by atoms with Crippen LogP contribution >= 0.6 is 0 Å². The lowest BCUT2D eigenvalue weighted by atomic mass is 10.1. The summed E-state index contributed by atoms with van der Waals surface area (Å²) in [6.45, 7) is 5.65. The quantitative estimate of drug-likeness (QED) is 0.770. The SMILES string of the molecule is Cc1nc2cc(CCNCC(C)N)ccc2o1. The van der Waals surface area contributed by atoms with Gasteiger partial charge in [0.15, 0.2) is 11.5 Å². The molecule has 1 aromatic heterocycles. The highest BCUT2D eigenvalue weighted by Gasteiger charge is 2.03. The molecule has 1 aromatic carbocycles. The Bertz CT molecular complexity index is 490. The van der Waals surface area contributed by atoms with Gasteiger partial charge in [0, 0.05) is 19.5 Å². The molecule has 0 saturated heterocycles. The van der Waals surface area contributed by atoms with E-state index in [-0.39, 0.29) is 6.04 Å². The van der Waals surface area contributed by atoms with E-state index in [1.54, 1.807) is 0 Å². The number of benzene rings is 1. The Morgan fingerprint density at radius 2 is 2.29 bits per heavy atom. The molecule has 4 heteroatoms. The van der Waals surface area contributed by atoms with Crippen LogP contribution < -0.4 is 11.1 Å². The molecule has 1 atom stereocenters. The van der Waals surface area contributed by atoms with Crippen molar-refractivity contribution < 1.29 is 4.42 Å². The van der Waals surface area contributed by atoms with Crippen LogP contribution in [-0.4, -0.2) is 24.1 Å². The summed E-state index contributed by atoms with van der Waals surface area (Å²) in [5.74, 6) is 0.715. The van der Waals surface area contributed by atoms with Crippen molar-refractivity contribution in [2.24, 2.45) is 5.73 Å². The van der Waals surface area contributed by atoms with Crippen LogP contribution in [-0.2, 0) is 6.42 Å². The Kier molecular flexibility index (Phi) is 3.76. The number of fused-ring (bicyclic) bond motifs is 1. The zero-order valence-corrected chi connectivity index (χ0v) is 10.4. The number of nitrogens with two attached hydrogens (primary N) is 1. The fourth-order valence-corrected chi connectivity index (χ4v) is 1.81. The van der Waals surface area contributed by atoms with Gasteiger partial charge in [-0.15, -0.1) is 0 Å². The molecule has 0 aliphatic heterocycles. The lowest BCUT2D eigenvalue weighted by molar-refractivity contribution is 0.561. The number of hydrogen-bond donors (Lipinski definition) is 2. The second-order valence-electron chi connectivity index (χ2n) is 4.47. The minimum atomic E-state index is 0.204. The Balaban J connectivity index is 1.94. The zero-order chi connectivity index (χ0) is 12.3. The molecule has 17 heavy (non-hydrogen) atoms. The van der Waals surface area contributed by atoms with Crippen molar-refractivity contribution in [1.82, 2.24) is 10.3 Å². The molecule has 0 aliphatic carbocycles. The van der Waals surface area contributed by atoms with E-state index in [9.17, 15) is 0 Å². The third kappa shape index (κ3) is 3.28. The fraction of sp³-hybridized carbons (Fsp3) is 0.462. The molecule has 2 rings (SSSR count). The highest BCUT2D eigenvalue weighted by molar-refractivity contribution is 5.73. The van der Waals surface area contributed by atoms with Gasteiger partial charge in [-0.2, -0.15) is 0 Å². The highest BCUT2D eigenvalue weighted by Crippen LogP contribution is 2.16. The van der Waals surface area contributed by atoms with Gasteiger partial charge in [0.2, 0.25) is 0 Å². The van der Waals surface area contributed by atoms with Gasteiger partial charge in [0.25, 0.3) is 0 Å². The largest absolute Gasteiger partial charge is 0.441 e. The second-order valence-corrected chi connectivity index (χ2v) is 4.47. The predicted molar refractivity (Wildman–Crippen MR) is 69.0 cm³/mol. The van der Waals surface area contributed by atoms with Crippen LogP contribution in [0.1, 0.15) is 18.4 Å². The molecule has 1 heterocycles. The third-order valence-electron chi connectivity index (χ3n) is 2.62. The van der Waals surface area contributed by atoms with Crippen LogP contribution in [0.4, 0.5) is 0 Å². The Morgan fingerprint density at radius 3 is 3.06 bits per heavy atom. The molecular formula is C13H19N3O. The topological polar surface area (TPSA) is 64.1 Å². The average Bonchev–Trinajstić information content (AvgIpc) is 2.63. The monoisotopic (exact) mass is 233 g/mol. The van der Waals surface area contributed by atoms with E-state index >= 15 is 0 Å². The molecule has 0 bridgehead atoms. The summed E-state index contributed by atoms with van der Waals surface area (Å²) in [5, 5.41) is 3.32. The van der Waals surface area contributed by atoms with Crippen molar-refractivity contribution in [3.63, 3.8) is 0 Å². The van der Waals surface area contributed by atoms with E-state index < -0.39 is 0 Å². The Labute approximate surface area is 101 Å². The fourth-order valence-electron chi connectivity index (χ4n) is 1.81. The third-order valence-corrected chi connectivity index (χ3v) is 2.62. The molecule has 0 aliphatic rings. The molecule has 0 amide bonds. The number of hydrogen-bond acceptors (Lipinski definition) is 4. The first-order valence-electron chi connectivity index (χ1n) is 5.97. The molecule has 0 fully saturated rings. The summed E-state index contributed by atoms with van der Waals surface area (Å²) in [5.41, 5.74) is 8.72. The number of aryl methyl sites for hydroxylation is 1. The van der Waals surface area contributed by atoms with Gasteiger partial charge in [-0.25, -0.2) is 4.98 Å². The van der Waals surface area contributed by atoms with E-state index in [4.69, 9.17) is 10.2 Å². The summed E-state index contributed by atoms with van der Waals surface area (Å²) >= 11 is 0. The van der Waals surface area contributed by atoms with E-state index in [2.05, 4.69) is 22.4 Å². The molecule has 1 unspecified atom stereocenters. The highest BCUT2D eigenvalue weighted by atomic mass is 16.3. The maximum absolute atomic E-state index is 5.66. The maximum atomic E-state index is 5.66. The van der Waals surface area contributed by atoms with Crippen LogP contribution in [0, 0.1) is 6.92 Å². The number of nitrogens with one attached hydrogen (secondary N) is 1. The van der Waals surface area contributed by atoms with Crippen LogP contribution in [0.5, 0.6) is 0 Å². The van der Waals surface area contributed by atoms with Gasteiger partial charge in [-0.05, 0) is 37.6 Å². The van der Waals surface area contributed by atoms with Crippen molar-refractivity contribution in [3.8, 4) is 0 Å². The number of nitrogens with zero attached hydrogens (tertiary/aromatic N) is 1. The van der Waals surface area contributed by atoms with Crippen LogP contribution in [0.25, 0.3) is 11.1 Å². The van der Waals surface area contributed by atoms with E-state index in [0.717, 1.165) is 30.6 Å². The van der Waals surface area contributed by atoms with Gasteiger partial charge < -0.3 is 15.5 Å². The summed E-state index contributed by atoms with van der Waals surface area (Å²) in [6.07, 6.45) is 0.981. The molecule has 4 nitrogen and oxygen atoms in total. The van der Waals surface area contributed by atoms with Crippen molar-refractivity contribution in [3.05, 3.63) is 29.7 Å². The van der Waals surface area contributed by atoms with Crippen molar-refractivity contribution in [2.75, 3.05) is 13.1 Å². The van der Waals surface area contributed by atoms with Gasteiger partial charge in [0.1, 0.15) is 5.52 Å². The van der Waals surface area contributed by atoms with Crippen molar-refractivity contribution >= 4 is 11.1 Å². The maximum Gasteiger partial charge on any atom is 0.192 e. The standard InChI is InChI=1S/C13H19N3O/c1-9(14)8-15-6-5-11-3-4-13-12(7-11)16-10(2)17-13/h3-4,7,9,15H,5-6,8,14H2,1-2H3. The van der Waals surface area contributed by atoms with Crippen LogP contribution in [0.2, 0.25) is 0 Å². The molecule has 2 aromatic rings. The summed E-state index contributed by atoms with van der Waals surface area (Å²) in [4.78, 5) is 4.32. The molecule has 92 valence electrons. The minimum absolute atomic E-state index is 0.204. The lowest BCUT2D eigenvalue weighted by Gasteiger charge is -2.07. The molecule has 0 saturated carbocycles. The minimum Gasteiger partial charge on any atom is -0.441 e. The lowest BCUT2D eigenvalue weighted by Crippen LogP contribution is -2.32. The van der Waals surface area contributed by atoms with Gasteiger partial charge in [-0.3, -0.25) is 0 Å². The van der Waals surface area contributed by atoms with E-state index in [1.165, 1.54) is 5.56 Å². The van der Waals surface area contributed by atoms with Crippen LogP contribution in [0.3, 0.4) is 0 Å². The summed E-state index contributed by atoms with van der Waals surface area (Å²) in [6, 6.07) is 6.35. The second kappa shape index (κ2) is 5.29. The number of aromatic nitrogens is 1. The normalized spacial score (nSPS) is 13.1. The van der Waals surface area contributed by atoms with Gasteiger partial charge >= 0.3 is 0 Å². The van der Waals surface area contributed by atoms with Crippen molar-refractivity contribution in [2.45, 2.75) is 26.3 Å². The summed E-state index contributed by atoms with van der Waals surface area (Å²) in [7, 11) is 0.